The molecule has 0 aromatic heterocycles. The van der Waals surface area contributed by atoms with Crippen LogP contribution in [-0.4, -0.2) is 62.8 Å². The second kappa shape index (κ2) is 12.5. The van der Waals surface area contributed by atoms with Crippen molar-refractivity contribution in [1.82, 2.24) is 10.2 Å². The van der Waals surface area contributed by atoms with Crippen molar-refractivity contribution in [3.8, 4) is 0 Å². The maximum atomic E-state index is 11.8. The lowest BCUT2D eigenvalue weighted by atomic mass is 9.97. The number of rotatable bonds is 6. The molecule has 2 aliphatic heterocycles. The van der Waals surface area contributed by atoms with Crippen LogP contribution in [0.4, 0.5) is 0 Å². The first-order valence-corrected chi connectivity index (χ1v) is 9.20. The zero-order valence-electron chi connectivity index (χ0n) is 15.5. The Morgan fingerprint density at radius 3 is 2.76 bits per heavy atom. The molecule has 0 amide bonds. The fourth-order valence-electron chi connectivity index (χ4n) is 3.11. The lowest BCUT2D eigenvalue weighted by Crippen LogP contribution is -2.46. The summed E-state index contributed by atoms with van der Waals surface area (Å²) in [6.07, 6.45) is 5.88. The molecule has 0 saturated carbocycles. The summed E-state index contributed by atoms with van der Waals surface area (Å²) in [4.78, 5) is 18.9. The van der Waals surface area contributed by atoms with E-state index in [1.54, 1.807) is 0 Å². The Hall–Kier alpha value is -0.830. The number of esters is 1. The van der Waals surface area contributed by atoms with Gasteiger partial charge in [-0.1, -0.05) is 11.6 Å². The molecule has 0 aliphatic carbocycles. The third-order valence-electron chi connectivity index (χ3n) is 4.50. The third kappa shape index (κ3) is 7.52. The predicted molar refractivity (Wildman–Crippen MR) is 110 cm³/mol. The number of carbonyl (C=O) groups is 1. The molecule has 0 radical (unpaired) electrons. The van der Waals surface area contributed by atoms with Gasteiger partial charge in [0.05, 0.1) is 25.7 Å². The molecule has 1 N–H and O–H groups in total. The summed E-state index contributed by atoms with van der Waals surface area (Å²) in [5.41, 5.74) is 1.45. The summed E-state index contributed by atoms with van der Waals surface area (Å²) in [6, 6.07) is 0. The van der Waals surface area contributed by atoms with Gasteiger partial charge in [-0.2, -0.15) is 0 Å². The number of guanidine groups is 1. The maximum absolute atomic E-state index is 11.8. The van der Waals surface area contributed by atoms with Crippen LogP contribution in [-0.2, 0) is 14.3 Å². The minimum absolute atomic E-state index is 0. The van der Waals surface area contributed by atoms with E-state index in [0.29, 0.717) is 6.61 Å². The Bertz CT molecular complexity index is 460. The normalized spacial score (nSPS) is 19.0. The van der Waals surface area contributed by atoms with Gasteiger partial charge < -0.3 is 19.7 Å². The van der Waals surface area contributed by atoms with E-state index in [0.717, 1.165) is 71.0 Å². The number of carbonyl (C=O) groups excluding carboxylic acids is 1. The van der Waals surface area contributed by atoms with E-state index in [-0.39, 0.29) is 35.9 Å². The van der Waals surface area contributed by atoms with Gasteiger partial charge in [-0.3, -0.25) is 9.79 Å². The van der Waals surface area contributed by atoms with Crippen LogP contribution in [0.2, 0.25) is 0 Å². The molecule has 144 valence electrons. The van der Waals surface area contributed by atoms with E-state index >= 15 is 0 Å². The van der Waals surface area contributed by atoms with Crippen LogP contribution in [0.25, 0.3) is 0 Å². The van der Waals surface area contributed by atoms with Crippen LogP contribution in [0.5, 0.6) is 0 Å². The average Bonchev–Trinajstić information content (AvgIpc) is 2.62. The van der Waals surface area contributed by atoms with Crippen molar-refractivity contribution in [2.45, 2.75) is 39.5 Å². The van der Waals surface area contributed by atoms with Gasteiger partial charge in [0.1, 0.15) is 0 Å². The van der Waals surface area contributed by atoms with Crippen LogP contribution in [0.3, 0.4) is 0 Å². The Labute approximate surface area is 168 Å². The molecule has 1 fully saturated rings. The van der Waals surface area contributed by atoms with E-state index in [1.807, 2.05) is 6.92 Å². The first-order valence-electron chi connectivity index (χ1n) is 9.20. The summed E-state index contributed by atoms with van der Waals surface area (Å²) in [5.74, 6) is 0.953. The Morgan fingerprint density at radius 2 is 2.16 bits per heavy atom. The molecule has 2 rings (SSSR count). The van der Waals surface area contributed by atoms with Gasteiger partial charge in [-0.25, -0.2) is 0 Å². The molecular formula is C18H32IN3O3. The van der Waals surface area contributed by atoms with Gasteiger partial charge in [0, 0.05) is 26.2 Å². The molecular weight excluding hydrogens is 433 g/mol. The number of hydrogen-bond donors (Lipinski definition) is 1. The van der Waals surface area contributed by atoms with Crippen LogP contribution in [0.1, 0.15) is 39.5 Å². The molecule has 0 unspecified atom stereocenters. The number of likely N-dealkylation sites (tertiary alicyclic amines) is 1. The van der Waals surface area contributed by atoms with Gasteiger partial charge in [0.2, 0.25) is 0 Å². The number of nitrogens with zero attached hydrogens (tertiary/aromatic N) is 2. The lowest BCUT2D eigenvalue weighted by molar-refractivity contribution is -0.149. The smallest absolute Gasteiger partial charge is 0.309 e. The molecule has 1 saturated heterocycles. The van der Waals surface area contributed by atoms with Crippen molar-refractivity contribution >= 4 is 35.9 Å². The first-order chi connectivity index (χ1) is 11.7. The van der Waals surface area contributed by atoms with Gasteiger partial charge in [-0.05, 0) is 39.5 Å². The quantitative estimate of drug-likeness (QED) is 0.215. The van der Waals surface area contributed by atoms with Crippen LogP contribution >= 0.6 is 24.0 Å². The van der Waals surface area contributed by atoms with E-state index < -0.39 is 0 Å². The zero-order valence-corrected chi connectivity index (χ0v) is 17.8. The van der Waals surface area contributed by atoms with Crippen molar-refractivity contribution in [3.63, 3.8) is 0 Å². The molecule has 2 heterocycles. The highest BCUT2D eigenvalue weighted by molar-refractivity contribution is 14.0. The van der Waals surface area contributed by atoms with Crippen molar-refractivity contribution < 1.29 is 14.3 Å². The molecule has 0 bridgehead atoms. The fourth-order valence-corrected chi connectivity index (χ4v) is 3.11. The van der Waals surface area contributed by atoms with Crippen LogP contribution < -0.4 is 5.32 Å². The number of halogens is 1. The number of piperidine rings is 1. The molecule has 6 nitrogen and oxygen atoms in total. The molecule has 2 aliphatic rings. The highest BCUT2D eigenvalue weighted by Crippen LogP contribution is 2.19. The standard InChI is InChI=1S/C18H31N3O3.HI/c1-3-19-18(20-10-5-15-8-13-23-14-9-15)21-11-6-16(7-12-21)17(22)24-4-2;/h8,16H,3-7,9-14H2,1-2H3,(H,19,20);1H. The summed E-state index contributed by atoms with van der Waals surface area (Å²) < 4.78 is 10.5. The number of aliphatic imine (C=N–C) groups is 1. The number of nitrogens with one attached hydrogen (secondary N) is 1. The second-order valence-electron chi connectivity index (χ2n) is 6.19. The molecule has 0 aromatic rings. The zero-order chi connectivity index (χ0) is 17.2. The Balaban J connectivity index is 0.00000312. The Morgan fingerprint density at radius 1 is 1.40 bits per heavy atom. The third-order valence-corrected chi connectivity index (χ3v) is 4.50. The topological polar surface area (TPSA) is 63.2 Å². The molecule has 0 aromatic carbocycles. The summed E-state index contributed by atoms with van der Waals surface area (Å²) in [5, 5.41) is 3.37. The minimum atomic E-state index is -0.0504. The highest BCUT2D eigenvalue weighted by Gasteiger charge is 2.27. The minimum Gasteiger partial charge on any atom is -0.466 e. The highest BCUT2D eigenvalue weighted by atomic mass is 127. The maximum Gasteiger partial charge on any atom is 0.309 e. The predicted octanol–water partition coefficient (Wildman–Crippen LogP) is 2.58. The average molecular weight is 465 g/mol. The van der Waals surface area contributed by atoms with Crippen molar-refractivity contribution in [3.05, 3.63) is 11.6 Å². The van der Waals surface area contributed by atoms with Gasteiger partial charge in [0.25, 0.3) is 0 Å². The van der Waals surface area contributed by atoms with E-state index in [2.05, 4.69) is 23.2 Å². The fraction of sp³-hybridized carbons (Fsp3) is 0.778. The first kappa shape index (κ1) is 22.2. The van der Waals surface area contributed by atoms with Gasteiger partial charge in [0.15, 0.2) is 5.96 Å². The van der Waals surface area contributed by atoms with Gasteiger partial charge >= 0.3 is 5.97 Å². The Kier molecular flexibility index (Phi) is 11.1. The summed E-state index contributed by atoms with van der Waals surface area (Å²) >= 11 is 0. The van der Waals surface area contributed by atoms with Crippen LogP contribution in [0, 0.1) is 5.92 Å². The number of hydrogen-bond acceptors (Lipinski definition) is 4. The number of ether oxygens (including phenoxy) is 2. The van der Waals surface area contributed by atoms with Gasteiger partial charge in [-0.15, -0.1) is 24.0 Å². The van der Waals surface area contributed by atoms with Crippen molar-refractivity contribution in [2.24, 2.45) is 10.9 Å². The summed E-state index contributed by atoms with van der Waals surface area (Å²) in [7, 11) is 0. The van der Waals surface area contributed by atoms with E-state index in [1.165, 1.54) is 5.57 Å². The molecule has 0 atom stereocenters. The van der Waals surface area contributed by atoms with E-state index in [9.17, 15) is 4.79 Å². The van der Waals surface area contributed by atoms with Crippen LogP contribution in [0.15, 0.2) is 16.6 Å². The molecule has 0 spiro atoms. The SMILES string of the molecule is CCNC(=NCCC1=CCOCC1)N1CCC(C(=O)OCC)CC1.I. The lowest BCUT2D eigenvalue weighted by Gasteiger charge is -2.33. The van der Waals surface area contributed by atoms with E-state index in [4.69, 9.17) is 14.5 Å². The molecule has 25 heavy (non-hydrogen) atoms. The van der Waals surface area contributed by atoms with Crippen molar-refractivity contribution in [2.75, 3.05) is 46.0 Å². The second-order valence-corrected chi connectivity index (χ2v) is 6.19. The van der Waals surface area contributed by atoms with Crippen molar-refractivity contribution in [1.29, 1.82) is 0 Å². The summed E-state index contributed by atoms with van der Waals surface area (Å²) in [6.45, 7) is 9.33. The monoisotopic (exact) mass is 465 g/mol. The largest absolute Gasteiger partial charge is 0.466 e. The molecule has 7 heteroatoms.